The number of hydrogen-bond acceptors (Lipinski definition) is 3. The molecule has 1 aromatic heterocycles. The van der Waals surface area contributed by atoms with Crippen LogP contribution < -0.4 is 5.73 Å². The van der Waals surface area contributed by atoms with Gasteiger partial charge in [-0.1, -0.05) is 11.6 Å². The van der Waals surface area contributed by atoms with Crippen LogP contribution in [0.3, 0.4) is 0 Å². The molecule has 84 valence electrons. The monoisotopic (exact) mass is 245 g/mol. The Kier molecular flexibility index (Phi) is 3.36. The highest BCUT2D eigenvalue weighted by Crippen LogP contribution is 2.42. The highest BCUT2D eigenvalue weighted by molar-refractivity contribution is 7.10. The summed E-state index contributed by atoms with van der Waals surface area (Å²) in [5.41, 5.74) is 6.18. The van der Waals surface area contributed by atoms with Crippen molar-refractivity contribution in [2.45, 2.75) is 37.3 Å². The molecule has 2 rings (SSSR count). The van der Waals surface area contributed by atoms with Crippen LogP contribution in [-0.4, -0.2) is 12.7 Å². The zero-order valence-corrected chi connectivity index (χ0v) is 10.4. The van der Waals surface area contributed by atoms with E-state index in [-0.39, 0.29) is 11.6 Å². The third-order valence-corrected chi connectivity index (χ3v) is 4.76. The molecule has 1 fully saturated rings. The molecule has 4 heteroatoms. The van der Waals surface area contributed by atoms with Crippen molar-refractivity contribution < 1.29 is 4.74 Å². The fraction of sp³-hybridized carbons (Fsp3) is 0.636. The van der Waals surface area contributed by atoms with Gasteiger partial charge in [-0.2, -0.15) is 0 Å². The van der Waals surface area contributed by atoms with Crippen LogP contribution in [0.2, 0.25) is 5.02 Å². The molecule has 0 bridgehead atoms. The van der Waals surface area contributed by atoms with E-state index in [2.05, 4.69) is 0 Å². The average Bonchev–Trinajstić information content (AvgIpc) is 2.58. The standard InChI is InChI=1S/C11H16ClNOS/c1-14-11(4-2-5-11)7-9(13)10-8(12)3-6-15-10/h3,6,9H,2,4-5,7,13H2,1H3. The lowest BCUT2D eigenvalue weighted by Gasteiger charge is -2.42. The van der Waals surface area contributed by atoms with Gasteiger partial charge in [0, 0.05) is 18.0 Å². The van der Waals surface area contributed by atoms with E-state index in [9.17, 15) is 0 Å². The second kappa shape index (κ2) is 4.42. The van der Waals surface area contributed by atoms with E-state index >= 15 is 0 Å². The van der Waals surface area contributed by atoms with Crippen molar-refractivity contribution in [3.8, 4) is 0 Å². The van der Waals surface area contributed by atoms with Gasteiger partial charge in [-0.3, -0.25) is 0 Å². The zero-order chi connectivity index (χ0) is 10.9. The Morgan fingerprint density at radius 1 is 1.67 bits per heavy atom. The topological polar surface area (TPSA) is 35.2 Å². The lowest BCUT2D eigenvalue weighted by Crippen LogP contribution is -2.41. The van der Waals surface area contributed by atoms with Crippen LogP contribution in [0.5, 0.6) is 0 Å². The Morgan fingerprint density at radius 3 is 2.80 bits per heavy atom. The number of ether oxygens (including phenoxy) is 1. The van der Waals surface area contributed by atoms with Crippen molar-refractivity contribution >= 4 is 22.9 Å². The lowest BCUT2D eigenvalue weighted by atomic mass is 9.75. The predicted molar refractivity (Wildman–Crippen MR) is 64.5 cm³/mol. The number of rotatable bonds is 4. The largest absolute Gasteiger partial charge is 0.378 e. The van der Waals surface area contributed by atoms with Crippen molar-refractivity contribution in [2.24, 2.45) is 5.73 Å². The first kappa shape index (κ1) is 11.4. The molecule has 1 aliphatic rings. The summed E-state index contributed by atoms with van der Waals surface area (Å²) in [7, 11) is 1.78. The summed E-state index contributed by atoms with van der Waals surface area (Å²) < 4.78 is 5.56. The zero-order valence-electron chi connectivity index (χ0n) is 8.83. The van der Waals surface area contributed by atoms with Gasteiger partial charge in [0.05, 0.1) is 10.6 Å². The van der Waals surface area contributed by atoms with Gasteiger partial charge in [0.15, 0.2) is 0 Å². The number of thiophene rings is 1. The summed E-state index contributed by atoms with van der Waals surface area (Å²) in [6, 6.07) is 1.92. The van der Waals surface area contributed by atoms with Gasteiger partial charge in [0.25, 0.3) is 0 Å². The quantitative estimate of drug-likeness (QED) is 0.883. The van der Waals surface area contributed by atoms with Crippen molar-refractivity contribution in [2.75, 3.05) is 7.11 Å². The Hall–Kier alpha value is -0.0900. The molecule has 0 saturated heterocycles. The summed E-state index contributed by atoms with van der Waals surface area (Å²) in [6.07, 6.45) is 4.38. The molecule has 1 saturated carbocycles. The summed E-state index contributed by atoms with van der Waals surface area (Å²) in [5, 5.41) is 2.77. The molecule has 1 unspecified atom stereocenters. The van der Waals surface area contributed by atoms with Crippen molar-refractivity contribution in [1.29, 1.82) is 0 Å². The van der Waals surface area contributed by atoms with Crippen molar-refractivity contribution in [1.82, 2.24) is 0 Å². The van der Waals surface area contributed by atoms with Gasteiger partial charge in [-0.05, 0) is 37.1 Å². The Bertz CT molecular complexity index is 330. The van der Waals surface area contributed by atoms with Crippen LogP contribution >= 0.6 is 22.9 Å². The second-order valence-corrected chi connectivity index (χ2v) is 5.54. The summed E-state index contributed by atoms with van der Waals surface area (Å²) >= 11 is 7.69. The van der Waals surface area contributed by atoms with Gasteiger partial charge >= 0.3 is 0 Å². The maximum Gasteiger partial charge on any atom is 0.0697 e. The number of methoxy groups -OCH3 is 1. The van der Waals surface area contributed by atoms with E-state index in [1.165, 1.54) is 6.42 Å². The van der Waals surface area contributed by atoms with Crippen LogP contribution in [0.1, 0.15) is 36.6 Å². The van der Waals surface area contributed by atoms with E-state index in [0.717, 1.165) is 29.2 Å². The van der Waals surface area contributed by atoms with Crippen molar-refractivity contribution in [3.05, 3.63) is 21.3 Å². The van der Waals surface area contributed by atoms with Gasteiger partial charge in [-0.25, -0.2) is 0 Å². The number of hydrogen-bond donors (Lipinski definition) is 1. The molecule has 0 aromatic carbocycles. The molecule has 1 aromatic rings. The molecule has 0 spiro atoms. The summed E-state index contributed by atoms with van der Waals surface area (Å²) in [6.45, 7) is 0. The third-order valence-electron chi connectivity index (χ3n) is 3.27. The fourth-order valence-corrected chi connectivity index (χ4v) is 3.33. The second-order valence-electron chi connectivity index (χ2n) is 4.18. The molecule has 0 radical (unpaired) electrons. The first-order valence-electron chi connectivity index (χ1n) is 5.20. The average molecular weight is 246 g/mol. The third kappa shape index (κ3) is 2.21. The van der Waals surface area contributed by atoms with E-state index in [0.29, 0.717) is 0 Å². The van der Waals surface area contributed by atoms with Gasteiger partial charge in [0.1, 0.15) is 0 Å². The Labute approximate surface area is 99.4 Å². The van der Waals surface area contributed by atoms with Gasteiger partial charge in [0.2, 0.25) is 0 Å². The number of halogens is 1. The molecule has 2 nitrogen and oxygen atoms in total. The van der Waals surface area contributed by atoms with Gasteiger partial charge < -0.3 is 10.5 Å². The van der Waals surface area contributed by atoms with Crippen molar-refractivity contribution in [3.63, 3.8) is 0 Å². The van der Waals surface area contributed by atoms with E-state index in [4.69, 9.17) is 22.1 Å². The van der Waals surface area contributed by atoms with Crippen LogP contribution in [-0.2, 0) is 4.74 Å². The van der Waals surface area contributed by atoms with Crippen LogP contribution in [0.25, 0.3) is 0 Å². The molecule has 2 N–H and O–H groups in total. The first-order valence-corrected chi connectivity index (χ1v) is 6.46. The molecule has 1 atom stereocenters. The SMILES string of the molecule is COC1(CC(N)c2sccc2Cl)CCC1. The normalized spacial score (nSPS) is 21.0. The summed E-state index contributed by atoms with van der Waals surface area (Å²) in [5.74, 6) is 0. The maximum absolute atomic E-state index is 6.16. The number of nitrogens with two attached hydrogens (primary N) is 1. The molecule has 1 aliphatic carbocycles. The molecule has 0 aliphatic heterocycles. The lowest BCUT2D eigenvalue weighted by molar-refractivity contribution is -0.0815. The molecular formula is C11H16ClNOS. The first-order chi connectivity index (χ1) is 7.17. The highest BCUT2D eigenvalue weighted by atomic mass is 35.5. The van der Waals surface area contributed by atoms with Crippen LogP contribution in [0.4, 0.5) is 0 Å². The van der Waals surface area contributed by atoms with E-state index in [1.807, 2.05) is 11.4 Å². The Balaban J connectivity index is 2.03. The smallest absolute Gasteiger partial charge is 0.0697 e. The molecule has 15 heavy (non-hydrogen) atoms. The van der Waals surface area contributed by atoms with Crippen LogP contribution in [0, 0.1) is 0 Å². The highest BCUT2D eigenvalue weighted by Gasteiger charge is 2.39. The van der Waals surface area contributed by atoms with Crippen LogP contribution in [0.15, 0.2) is 11.4 Å². The molecule has 1 heterocycles. The minimum atomic E-state index is 0.0118. The van der Waals surface area contributed by atoms with Gasteiger partial charge in [-0.15, -0.1) is 11.3 Å². The maximum atomic E-state index is 6.16. The van der Waals surface area contributed by atoms with E-state index < -0.39 is 0 Å². The molecule has 0 amide bonds. The Morgan fingerprint density at radius 2 is 2.40 bits per heavy atom. The fourth-order valence-electron chi connectivity index (χ4n) is 2.13. The van der Waals surface area contributed by atoms with E-state index in [1.54, 1.807) is 18.4 Å². The minimum Gasteiger partial charge on any atom is -0.378 e. The predicted octanol–water partition coefficient (Wildman–Crippen LogP) is 3.36. The molecular weight excluding hydrogens is 230 g/mol. The summed E-state index contributed by atoms with van der Waals surface area (Å²) in [4.78, 5) is 1.08. The minimum absolute atomic E-state index is 0.0118.